The average Bonchev–Trinajstić information content (AvgIpc) is 2.67. The summed E-state index contributed by atoms with van der Waals surface area (Å²) in [5, 5.41) is 19.8. The molecule has 1 heterocycles. The molecule has 28 heavy (non-hydrogen) atoms. The van der Waals surface area contributed by atoms with Crippen molar-refractivity contribution in [2.75, 3.05) is 0 Å². The van der Waals surface area contributed by atoms with Crippen molar-refractivity contribution in [2.45, 2.75) is 0 Å². The molecule has 3 aromatic rings. The van der Waals surface area contributed by atoms with Crippen LogP contribution in [0.3, 0.4) is 0 Å². The molecule has 5 nitrogen and oxygen atoms in total. The van der Waals surface area contributed by atoms with E-state index in [0.717, 1.165) is 0 Å². The van der Waals surface area contributed by atoms with Gasteiger partial charge >= 0.3 is 5.69 Å². The van der Waals surface area contributed by atoms with Crippen LogP contribution in [0.1, 0.15) is 22.5 Å². The van der Waals surface area contributed by atoms with Crippen molar-refractivity contribution in [3.8, 4) is 11.5 Å². The molecular formula is C22H21ClN2O3. The molecule has 144 valence electrons. The average molecular weight is 397 g/mol. The number of aromatic hydroxyl groups is 2. The molecular weight excluding hydrogens is 376 g/mol. The lowest BCUT2D eigenvalue weighted by molar-refractivity contribution is -0.692. The van der Waals surface area contributed by atoms with E-state index in [1.807, 2.05) is 18.2 Å². The highest BCUT2D eigenvalue weighted by Crippen LogP contribution is 2.19. The van der Waals surface area contributed by atoms with Crippen LogP contribution in [-0.2, 0) is 14.1 Å². The van der Waals surface area contributed by atoms with Gasteiger partial charge in [-0.25, -0.2) is 0 Å². The number of phenolic OH excluding ortho intramolecular Hbond substituents is 2. The van der Waals surface area contributed by atoms with Crippen molar-refractivity contribution in [2.24, 2.45) is 14.1 Å². The zero-order chi connectivity index (χ0) is 19.4. The Hall–Kier alpha value is -3.31. The first-order valence-electron chi connectivity index (χ1n) is 8.49. The maximum absolute atomic E-state index is 12.5. The Balaban J connectivity index is 0.00000280. The molecule has 2 aromatic carbocycles. The van der Waals surface area contributed by atoms with Crippen LogP contribution in [0.5, 0.6) is 11.5 Å². The zero-order valence-electron chi connectivity index (χ0n) is 15.6. The number of para-hydroxylation sites is 2. The van der Waals surface area contributed by atoms with Crippen LogP contribution in [0.25, 0.3) is 24.3 Å². The highest BCUT2D eigenvalue weighted by atomic mass is 35.5. The zero-order valence-corrected chi connectivity index (χ0v) is 16.3. The number of nitrogens with zero attached hydrogens (tertiary/aromatic N) is 2. The summed E-state index contributed by atoms with van der Waals surface area (Å²) < 4.78 is 3.07. The van der Waals surface area contributed by atoms with E-state index < -0.39 is 0 Å². The predicted octanol–water partition coefficient (Wildman–Crippen LogP) is -0.0342. The van der Waals surface area contributed by atoms with Gasteiger partial charge < -0.3 is 22.6 Å². The first-order valence-corrected chi connectivity index (χ1v) is 8.49. The fourth-order valence-corrected chi connectivity index (χ4v) is 2.72. The maximum atomic E-state index is 12.5. The van der Waals surface area contributed by atoms with E-state index in [9.17, 15) is 15.0 Å². The molecule has 3 rings (SSSR count). The Morgan fingerprint density at radius 3 is 1.89 bits per heavy atom. The first kappa shape index (κ1) is 21.0. The Morgan fingerprint density at radius 2 is 1.36 bits per heavy atom. The Kier molecular flexibility index (Phi) is 6.79. The molecule has 0 aliphatic carbocycles. The van der Waals surface area contributed by atoms with E-state index in [1.54, 1.807) is 74.8 Å². The molecule has 0 amide bonds. The number of hydrogen-bond donors (Lipinski definition) is 2. The van der Waals surface area contributed by atoms with Crippen LogP contribution >= 0.6 is 0 Å². The quantitative estimate of drug-likeness (QED) is 0.608. The lowest BCUT2D eigenvalue weighted by Crippen LogP contribution is -3.00. The third kappa shape index (κ3) is 4.50. The smallest absolute Gasteiger partial charge is 0.498 e. The van der Waals surface area contributed by atoms with Gasteiger partial charge in [0.1, 0.15) is 22.9 Å². The molecule has 2 N–H and O–H groups in total. The Bertz CT molecular complexity index is 1020. The fraction of sp³-hybridized carbons (Fsp3) is 0.0909. The van der Waals surface area contributed by atoms with E-state index in [0.29, 0.717) is 22.5 Å². The maximum Gasteiger partial charge on any atom is 0.498 e. The second kappa shape index (κ2) is 9.06. The number of benzene rings is 2. The van der Waals surface area contributed by atoms with Crippen molar-refractivity contribution in [1.82, 2.24) is 4.57 Å². The van der Waals surface area contributed by atoms with Gasteiger partial charge in [0.25, 0.3) is 0 Å². The lowest BCUT2D eigenvalue weighted by atomic mass is 10.1. The molecule has 0 unspecified atom stereocenters. The first-order chi connectivity index (χ1) is 13.0. The van der Waals surface area contributed by atoms with Crippen LogP contribution in [0, 0.1) is 0 Å². The van der Waals surface area contributed by atoms with Crippen molar-refractivity contribution >= 4 is 24.3 Å². The summed E-state index contributed by atoms with van der Waals surface area (Å²) in [6.07, 6.45) is 7.10. The second-order valence-electron chi connectivity index (χ2n) is 6.18. The van der Waals surface area contributed by atoms with Crippen LogP contribution in [0.2, 0.25) is 0 Å². The number of halogens is 1. The van der Waals surface area contributed by atoms with E-state index in [4.69, 9.17) is 0 Å². The lowest BCUT2D eigenvalue weighted by Gasteiger charge is -2.04. The van der Waals surface area contributed by atoms with Gasteiger partial charge in [-0.3, -0.25) is 0 Å². The van der Waals surface area contributed by atoms with Crippen LogP contribution in [0.15, 0.2) is 59.4 Å². The van der Waals surface area contributed by atoms with Gasteiger partial charge in [-0.2, -0.15) is 13.9 Å². The molecule has 0 fully saturated rings. The van der Waals surface area contributed by atoms with Gasteiger partial charge in [-0.05, 0) is 36.4 Å². The molecule has 6 heteroatoms. The third-order valence-electron chi connectivity index (χ3n) is 4.39. The molecule has 0 atom stereocenters. The van der Waals surface area contributed by atoms with Gasteiger partial charge in [0.05, 0.1) is 14.1 Å². The van der Waals surface area contributed by atoms with Gasteiger partial charge in [0.15, 0.2) is 0 Å². The number of rotatable bonds is 4. The third-order valence-corrected chi connectivity index (χ3v) is 4.39. The van der Waals surface area contributed by atoms with E-state index in [2.05, 4.69) is 0 Å². The minimum Gasteiger partial charge on any atom is -1.00 e. The van der Waals surface area contributed by atoms with Crippen LogP contribution < -0.4 is 22.7 Å². The molecule has 0 saturated carbocycles. The molecule has 0 spiro atoms. The standard InChI is InChI=1S/C22H20N2O3.ClH/c1-23-18(13-11-16-7-3-5-9-20(16)25)15-19(24(2)22(23)27)14-12-17-8-4-6-10-21(17)26;/h3-15H,1-2H3,(H,25,26);1H. The summed E-state index contributed by atoms with van der Waals surface area (Å²) >= 11 is 0. The summed E-state index contributed by atoms with van der Waals surface area (Å²) in [5.41, 5.74) is 2.55. The van der Waals surface area contributed by atoms with Crippen LogP contribution in [-0.4, -0.2) is 14.8 Å². The van der Waals surface area contributed by atoms with Crippen LogP contribution in [0.4, 0.5) is 0 Å². The van der Waals surface area contributed by atoms with Crippen molar-refractivity contribution in [1.29, 1.82) is 0 Å². The SMILES string of the molecule is Cn1c(C=Cc2ccccc2O)cc(C=Cc2ccccc2O)[n+](C)c1=O.[Cl-]. The van der Waals surface area contributed by atoms with Crippen molar-refractivity contribution in [3.63, 3.8) is 0 Å². The Morgan fingerprint density at radius 1 is 0.857 bits per heavy atom. The largest absolute Gasteiger partial charge is 1.00 e. The van der Waals surface area contributed by atoms with Gasteiger partial charge in [-0.1, -0.05) is 36.4 Å². The summed E-state index contributed by atoms with van der Waals surface area (Å²) in [7, 11) is 3.40. The Labute approximate surface area is 169 Å². The highest BCUT2D eigenvalue weighted by molar-refractivity contribution is 5.73. The monoisotopic (exact) mass is 396 g/mol. The van der Waals surface area contributed by atoms with Gasteiger partial charge in [0.2, 0.25) is 0 Å². The minimum absolute atomic E-state index is 0. The predicted molar refractivity (Wildman–Crippen MR) is 107 cm³/mol. The number of phenols is 2. The molecule has 1 aromatic heterocycles. The summed E-state index contributed by atoms with van der Waals surface area (Å²) in [4.78, 5) is 12.5. The number of hydrogen-bond acceptors (Lipinski definition) is 3. The summed E-state index contributed by atoms with van der Waals surface area (Å²) in [6, 6.07) is 15.9. The highest BCUT2D eigenvalue weighted by Gasteiger charge is 2.13. The molecule has 0 bridgehead atoms. The summed E-state index contributed by atoms with van der Waals surface area (Å²) in [5.74, 6) is 0.361. The topological polar surface area (TPSA) is 66.3 Å². The molecule has 0 radical (unpaired) electrons. The molecule has 0 saturated heterocycles. The minimum atomic E-state index is -0.175. The van der Waals surface area contributed by atoms with Gasteiger partial charge in [-0.15, -0.1) is 0 Å². The van der Waals surface area contributed by atoms with E-state index in [1.165, 1.54) is 9.13 Å². The summed E-state index contributed by atoms with van der Waals surface area (Å²) in [6.45, 7) is 0. The fourth-order valence-electron chi connectivity index (χ4n) is 2.72. The van der Waals surface area contributed by atoms with E-state index in [-0.39, 0.29) is 29.6 Å². The molecule has 0 aliphatic rings. The normalized spacial score (nSPS) is 11.1. The van der Waals surface area contributed by atoms with Gasteiger partial charge in [0, 0.05) is 17.2 Å². The van der Waals surface area contributed by atoms with E-state index >= 15 is 0 Å². The molecule has 0 aliphatic heterocycles. The van der Waals surface area contributed by atoms with Crippen molar-refractivity contribution in [3.05, 3.63) is 87.6 Å². The second-order valence-corrected chi connectivity index (χ2v) is 6.18. The number of aromatic nitrogens is 2. The van der Waals surface area contributed by atoms with Crippen molar-refractivity contribution < 1.29 is 27.2 Å².